The molecule has 1 spiro atoms. The van der Waals surface area contributed by atoms with E-state index >= 15 is 0 Å². The van der Waals surface area contributed by atoms with Crippen molar-refractivity contribution < 1.29 is 42.9 Å². The summed E-state index contributed by atoms with van der Waals surface area (Å²) in [6, 6.07) is 10.5. The van der Waals surface area contributed by atoms with Crippen molar-refractivity contribution in [2.24, 2.45) is 0 Å². The van der Waals surface area contributed by atoms with Crippen molar-refractivity contribution in [2.75, 3.05) is 39.4 Å². The van der Waals surface area contributed by atoms with Crippen LogP contribution >= 0.6 is 23.2 Å². The van der Waals surface area contributed by atoms with Crippen molar-refractivity contribution in [1.82, 2.24) is 10.2 Å². The molecule has 3 aliphatic heterocycles. The van der Waals surface area contributed by atoms with E-state index in [9.17, 15) is 19.2 Å². The van der Waals surface area contributed by atoms with E-state index in [0.717, 1.165) is 26.1 Å². The fraction of sp³-hybridized carbons (Fsp3) is 0.312. The molecule has 3 aromatic rings. The number of benzene rings is 3. The van der Waals surface area contributed by atoms with Crippen molar-refractivity contribution in [3.8, 4) is 23.0 Å². The Balaban J connectivity index is 1.38. The Bertz CT molecular complexity index is 1660. The average Bonchev–Trinajstić information content (AvgIpc) is 3.29. The highest BCUT2D eigenvalue weighted by atomic mass is 35.5. The van der Waals surface area contributed by atoms with Gasteiger partial charge in [0, 0.05) is 67.9 Å². The monoisotopic (exact) mass is 654 g/mol. The van der Waals surface area contributed by atoms with E-state index in [1.54, 1.807) is 12.1 Å². The number of esters is 3. The fourth-order valence-corrected chi connectivity index (χ4v) is 6.16. The van der Waals surface area contributed by atoms with Crippen LogP contribution in [0.15, 0.2) is 42.5 Å². The van der Waals surface area contributed by atoms with Gasteiger partial charge in [-0.05, 0) is 37.2 Å². The fourth-order valence-electron chi connectivity index (χ4n) is 5.76. The molecule has 11 nitrogen and oxygen atoms in total. The van der Waals surface area contributed by atoms with Crippen LogP contribution in [0.2, 0.25) is 10.0 Å². The van der Waals surface area contributed by atoms with Crippen LogP contribution in [-0.4, -0.2) is 68.1 Å². The van der Waals surface area contributed by atoms with Crippen LogP contribution in [0.1, 0.15) is 57.7 Å². The summed E-state index contributed by atoms with van der Waals surface area (Å²) < 4.78 is 28.2. The number of nitrogens with zero attached hydrogens (tertiary/aromatic N) is 1. The molecule has 0 unspecified atom stereocenters. The van der Waals surface area contributed by atoms with Crippen LogP contribution in [0.25, 0.3) is 0 Å². The summed E-state index contributed by atoms with van der Waals surface area (Å²) in [5.41, 5.74) is -0.0866. The highest BCUT2D eigenvalue weighted by Gasteiger charge is 2.54. The van der Waals surface area contributed by atoms with Crippen molar-refractivity contribution in [1.29, 1.82) is 0 Å². The van der Waals surface area contributed by atoms with Gasteiger partial charge < -0.3 is 29.0 Å². The molecule has 3 aliphatic rings. The van der Waals surface area contributed by atoms with E-state index in [1.165, 1.54) is 44.2 Å². The van der Waals surface area contributed by atoms with Gasteiger partial charge in [0.1, 0.15) is 11.5 Å². The number of hydrogen-bond acceptors (Lipinski definition) is 10. The molecule has 0 bridgehead atoms. The summed E-state index contributed by atoms with van der Waals surface area (Å²) in [5, 5.41) is 3.05. The number of morpholine rings is 1. The molecule has 1 saturated heterocycles. The van der Waals surface area contributed by atoms with Crippen molar-refractivity contribution in [3.63, 3.8) is 0 Å². The number of amides is 1. The van der Waals surface area contributed by atoms with E-state index in [0.29, 0.717) is 36.4 Å². The number of nitrogens with one attached hydrogen (secondary N) is 1. The molecule has 3 heterocycles. The molecule has 0 aliphatic carbocycles. The first-order valence-corrected chi connectivity index (χ1v) is 15.0. The third-order valence-electron chi connectivity index (χ3n) is 7.72. The molecule has 0 aromatic heterocycles. The van der Waals surface area contributed by atoms with Gasteiger partial charge in [0.05, 0.1) is 28.8 Å². The van der Waals surface area contributed by atoms with Crippen LogP contribution in [0, 0.1) is 0 Å². The number of carbonyl (C=O) groups excluding carboxylic acids is 4. The summed E-state index contributed by atoms with van der Waals surface area (Å²) in [6.07, 6.45) is 0.765. The first-order valence-electron chi connectivity index (χ1n) is 14.3. The molecule has 45 heavy (non-hydrogen) atoms. The lowest BCUT2D eigenvalue weighted by atomic mass is 9.77. The van der Waals surface area contributed by atoms with E-state index < -0.39 is 23.5 Å². The van der Waals surface area contributed by atoms with Gasteiger partial charge in [-0.3, -0.25) is 19.3 Å². The molecule has 1 amide bonds. The molecule has 234 valence electrons. The van der Waals surface area contributed by atoms with Gasteiger partial charge in [-0.15, -0.1) is 0 Å². The molecule has 1 N–H and O–H groups in total. The maximum atomic E-state index is 13.5. The van der Waals surface area contributed by atoms with E-state index in [1.807, 2.05) is 0 Å². The highest BCUT2D eigenvalue weighted by Crippen LogP contribution is 2.58. The Hall–Kier alpha value is -4.16. The normalized spacial score (nSPS) is 16.1. The maximum Gasteiger partial charge on any atom is 0.340 e. The van der Waals surface area contributed by atoms with Gasteiger partial charge in [0.15, 0.2) is 17.1 Å². The lowest BCUT2D eigenvalue weighted by Gasteiger charge is -2.37. The van der Waals surface area contributed by atoms with Crippen molar-refractivity contribution in [3.05, 3.63) is 80.3 Å². The van der Waals surface area contributed by atoms with Crippen molar-refractivity contribution in [2.45, 2.75) is 25.9 Å². The third-order valence-corrected chi connectivity index (χ3v) is 8.31. The van der Waals surface area contributed by atoms with Gasteiger partial charge in [0.25, 0.3) is 5.91 Å². The minimum absolute atomic E-state index is 0.0286. The predicted molar refractivity (Wildman–Crippen MR) is 162 cm³/mol. The largest absolute Gasteiger partial charge is 0.456 e. The summed E-state index contributed by atoms with van der Waals surface area (Å²) in [5.74, 6) is -1.83. The summed E-state index contributed by atoms with van der Waals surface area (Å²) >= 11 is 13.1. The molecule has 0 atom stereocenters. The molecule has 0 saturated carbocycles. The minimum atomic E-state index is -1.61. The Kier molecular flexibility index (Phi) is 8.45. The predicted octanol–water partition coefficient (Wildman–Crippen LogP) is 4.86. The number of carbonyl (C=O) groups is 4. The van der Waals surface area contributed by atoms with Crippen molar-refractivity contribution >= 4 is 47.0 Å². The zero-order valence-corrected chi connectivity index (χ0v) is 25.9. The van der Waals surface area contributed by atoms with Gasteiger partial charge in [-0.2, -0.15) is 0 Å². The molecule has 3 aromatic carbocycles. The maximum absolute atomic E-state index is 13.5. The first-order chi connectivity index (χ1) is 21.6. The number of hydrogen-bond donors (Lipinski definition) is 1. The molecule has 6 rings (SSSR count). The molecule has 1 fully saturated rings. The van der Waals surface area contributed by atoms with Crippen LogP contribution in [0.4, 0.5) is 0 Å². The Morgan fingerprint density at radius 3 is 2.07 bits per heavy atom. The van der Waals surface area contributed by atoms with Crippen LogP contribution in [0.3, 0.4) is 0 Å². The minimum Gasteiger partial charge on any atom is -0.456 e. The average molecular weight is 655 g/mol. The number of fused-ring (bicyclic) bond motifs is 6. The third kappa shape index (κ3) is 5.84. The van der Waals surface area contributed by atoms with Crippen LogP contribution < -0.4 is 19.5 Å². The summed E-state index contributed by atoms with van der Waals surface area (Å²) in [6.45, 7) is 6.91. The Morgan fingerprint density at radius 2 is 1.49 bits per heavy atom. The second-order valence-corrected chi connectivity index (χ2v) is 11.6. The number of rotatable bonds is 7. The van der Waals surface area contributed by atoms with E-state index in [4.69, 9.17) is 46.9 Å². The summed E-state index contributed by atoms with van der Waals surface area (Å²) in [4.78, 5) is 52.3. The second kappa shape index (κ2) is 12.3. The highest BCUT2D eigenvalue weighted by molar-refractivity contribution is 6.33. The smallest absolute Gasteiger partial charge is 0.340 e. The zero-order valence-electron chi connectivity index (χ0n) is 24.4. The first kappa shape index (κ1) is 30.8. The Labute approximate surface area is 268 Å². The SMILES string of the molecule is CC(=O)Oc1cc2c(cc1Cl)C1(OC(=O)c3cc(C(=O)NCCCN4CCOCC4)ccc31)c1cc(Cl)c(OC(C)=O)cc1O2. The van der Waals surface area contributed by atoms with E-state index in [2.05, 4.69) is 10.2 Å². The molecular formula is C32H28Cl2N2O9. The van der Waals surface area contributed by atoms with Gasteiger partial charge in [-0.1, -0.05) is 29.3 Å². The lowest BCUT2D eigenvalue weighted by Crippen LogP contribution is -2.38. The quantitative estimate of drug-likeness (QED) is 0.214. The van der Waals surface area contributed by atoms with Crippen LogP contribution in [0.5, 0.6) is 23.0 Å². The second-order valence-electron chi connectivity index (χ2n) is 10.7. The standard InChI is InChI=1S/C32H28Cl2N2O9/c1-17(37)42-28-15-26-22(13-24(28)33)32(23-14-25(34)29(43-18(2)38)16-27(23)44-26)21-5-4-19(12-20(21)31(40)45-32)30(39)35-6-3-7-36-8-10-41-11-9-36/h4-5,12-16H,3,6-11H2,1-2H3,(H,35,39). The van der Waals surface area contributed by atoms with Gasteiger partial charge >= 0.3 is 17.9 Å². The van der Waals surface area contributed by atoms with E-state index in [-0.39, 0.29) is 50.1 Å². The zero-order chi connectivity index (χ0) is 31.9. The number of halogens is 2. The molecule has 0 radical (unpaired) electrons. The van der Waals surface area contributed by atoms with Gasteiger partial charge in [0.2, 0.25) is 0 Å². The van der Waals surface area contributed by atoms with Gasteiger partial charge in [-0.25, -0.2) is 4.79 Å². The Morgan fingerprint density at radius 1 is 0.889 bits per heavy atom. The van der Waals surface area contributed by atoms with Crippen LogP contribution in [-0.2, 0) is 24.7 Å². The molecular weight excluding hydrogens is 627 g/mol. The topological polar surface area (TPSA) is 130 Å². The summed E-state index contributed by atoms with van der Waals surface area (Å²) in [7, 11) is 0. The number of ether oxygens (including phenoxy) is 5. The molecule has 13 heteroatoms. The lowest BCUT2D eigenvalue weighted by molar-refractivity contribution is -0.132.